The van der Waals surface area contributed by atoms with E-state index >= 15 is 0 Å². The second-order valence-corrected chi connectivity index (χ2v) is 8.53. The van der Waals surface area contributed by atoms with Gasteiger partial charge in [0, 0.05) is 67.3 Å². The molecule has 1 aromatic carbocycles. The van der Waals surface area contributed by atoms with Gasteiger partial charge < -0.3 is 19.7 Å². The molecule has 8 heteroatoms. The highest BCUT2D eigenvalue weighted by atomic mass is 35.5. The molecule has 5 rings (SSSR count). The molecule has 0 spiro atoms. The number of methoxy groups -OCH3 is 1. The molecular weight excluding hydrogens is 445 g/mol. The van der Waals surface area contributed by atoms with Gasteiger partial charge in [0.2, 0.25) is 0 Å². The summed E-state index contributed by atoms with van der Waals surface area (Å²) in [6, 6.07) is 5.60. The van der Waals surface area contributed by atoms with Gasteiger partial charge >= 0.3 is 5.97 Å². The number of fused-ring (bicyclic) bond motifs is 2. The smallest absolute Gasteiger partial charge is 0.355 e. The Morgan fingerprint density at radius 2 is 1.70 bits per heavy atom. The first-order chi connectivity index (χ1) is 14.5. The molecule has 2 unspecified atom stereocenters. The molecule has 0 amide bonds. The van der Waals surface area contributed by atoms with Gasteiger partial charge in [0.05, 0.1) is 17.9 Å². The fourth-order valence-corrected chi connectivity index (χ4v) is 4.54. The van der Waals surface area contributed by atoms with Crippen LogP contribution in [0.15, 0.2) is 36.8 Å². The molecule has 30 heavy (non-hydrogen) atoms. The second kappa shape index (κ2) is 7.27. The topological polar surface area (TPSA) is 73.7 Å². The lowest BCUT2D eigenvalue weighted by Crippen LogP contribution is -2.33. The van der Waals surface area contributed by atoms with Crippen LogP contribution in [0, 0.1) is 0 Å². The number of carbonyl (C=O) groups is 1. The Bertz CT molecular complexity index is 1410. The monoisotopic (exact) mass is 459 g/mol. The van der Waals surface area contributed by atoms with Crippen LogP contribution in [0.4, 0.5) is 0 Å². The molecule has 2 atom stereocenters. The number of rotatable bonds is 3. The predicted octanol–water partition coefficient (Wildman–Crippen LogP) is 4.39. The molecule has 152 valence electrons. The number of hydrogen-bond donors (Lipinski definition) is 3. The maximum absolute atomic E-state index is 12.5. The minimum Gasteiger partial charge on any atom is -0.464 e. The maximum atomic E-state index is 12.5. The molecule has 1 aliphatic carbocycles. The van der Waals surface area contributed by atoms with E-state index in [1.54, 1.807) is 6.20 Å². The van der Waals surface area contributed by atoms with Gasteiger partial charge in [-0.3, -0.25) is 0 Å². The van der Waals surface area contributed by atoms with Crippen molar-refractivity contribution in [1.82, 2.24) is 15.0 Å². The fourth-order valence-electron chi connectivity index (χ4n) is 3.97. The van der Waals surface area contributed by atoms with Crippen molar-refractivity contribution in [2.45, 2.75) is 10.8 Å². The van der Waals surface area contributed by atoms with Gasteiger partial charge in [-0.05, 0) is 24.3 Å². The molecule has 0 aliphatic heterocycles. The summed E-state index contributed by atoms with van der Waals surface area (Å²) in [5.74, 6) is -0.455. The lowest BCUT2D eigenvalue weighted by atomic mass is 9.96. The Morgan fingerprint density at radius 1 is 0.967 bits per heavy atom. The number of benzene rings is 1. The average Bonchev–Trinajstić information content (AvgIpc) is 3.43. The highest BCUT2D eigenvalue weighted by Gasteiger charge is 2.25. The third kappa shape index (κ3) is 2.97. The number of aromatic amines is 3. The lowest BCUT2D eigenvalue weighted by Gasteiger charge is -2.11. The normalized spacial score (nSPS) is 18.0. The number of ether oxygens (including phenoxy) is 1. The molecule has 0 saturated carbocycles. The van der Waals surface area contributed by atoms with Crippen LogP contribution in [0.5, 0.6) is 0 Å². The van der Waals surface area contributed by atoms with Crippen LogP contribution in [-0.2, 0) is 4.74 Å². The van der Waals surface area contributed by atoms with Crippen molar-refractivity contribution in [3.63, 3.8) is 0 Å². The summed E-state index contributed by atoms with van der Waals surface area (Å²) in [6.07, 6.45) is 9.40. The van der Waals surface area contributed by atoms with Gasteiger partial charge in [0.15, 0.2) is 0 Å². The van der Waals surface area contributed by atoms with E-state index in [2.05, 4.69) is 15.0 Å². The fraction of sp³-hybridized carbons (Fsp3) is 0.136. The van der Waals surface area contributed by atoms with Crippen molar-refractivity contribution < 1.29 is 9.53 Å². The minimum absolute atomic E-state index is 0.294. The summed E-state index contributed by atoms with van der Waals surface area (Å²) in [5.41, 5.74) is 4.60. The van der Waals surface area contributed by atoms with Crippen molar-refractivity contribution in [3.05, 3.63) is 58.1 Å². The maximum Gasteiger partial charge on any atom is 0.355 e. The number of halogens is 3. The number of esters is 1. The number of nitrogens with one attached hydrogen (secondary N) is 3. The first kappa shape index (κ1) is 19.4. The molecule has 4 aromatic rings. The number of alkyl halides is 2. The Labute approximate surface area is 186 Å². The zero-order valence-corrected chi connectivity index (χ0v) is 18.0. The van der Waals surface area contributed by atoms with Crippen LogP contribution in [0.25, 0.3) is 45.3 Å². The Hall–Kier alpha value is -2.60. The van der Waals surface area contributed by atoms with Crippen molar-refractivity contribution in [2.24, 2.45) is 0 Å². The van der Waals surface area contributed by atoms with E-state index in [4.69, 9.17) is 39.5 Å². The van der Waals surface area contributed by atoms with Crippen LogP contribution in [0.2, 0.25) is 5.02 Å². The summed E-state index contributed by atoms with van der Waals surface area (Å²) in [4.78, 5) is 22.1. The molecule has 0 radical (unpaired) electrons. The van der Waals surface area contributed by atoms with E-state index in [-0.39, 0.29) is 10.8 Å². The largest absolute Gasteiger partial charge is 0.464 e. The van der Waals surface area contributed by atoms with Crippen LogP contribution >= 0.6 is 34.8 Å². The lowest BCUT2D eigenvalue weighted by molar-refractivity contribution is 0.0596. The van der Waals surface area contributed by atoms with Gasteiger partial charge in [0.25, 0.3) is 0 Å². The summed E-state index contributed by atoms with van der Waals surface area (Å²) >= 11 is 18.9. The third-order valence-electron chi connectivity index (χ3n) is 5.38. The average molecular weight is 461 g/mol. The van der Waals surface area contributed by atoms with Crippen molar-refractivity contribution >= 4 is 63.8 Å². The molecule has 3 heterocycles. The van der Waals surface area contributed by atoms with Gasteiger partial charge in [-0.1, -0.05) is 17.7 Å². The van der Waals surface area contributed by atoms with E-state index in [1.807, 2.05) is 42.7 Å². The second-order valence-electron chi connectivity index (χ2n) is 7.09. The van der Waals surface area contributed by atoms with Crippen molar-refractivity contribution in [1.29, 1.82) is 0 Å². The summed E-state index contributed by atoms with van der Waals surface area (Å²) < 4.78 is 5.02. The zero-order chi connectivity index (χ0) is 21.0. The third-order valence-corrected chi connectivity index (χ3v) is 6.54. The highest BCUT2D eigenvalue weighted by molar-refractivity contribution is 6.35. The minimum atomic E-state index is -0.455. The molecule has 5 nitrogen and oxygen atoms in total. The van der Waals surface area contributed by atoms with E-state index in [0.29, 0.717) is 10.7 Å². The molecule has 1 aliphatic rings. The molecule has 0 saturated heterocycles. The van der Waals surface area contributed by atoms with Crippen LogP contribution in [-0.4, -0.2) is 38.8 Å². The van der Waals surface area contributed by atoms with Gasteiger partial charge in [-0.25, -0.2) is 4.79 Å². The van der Waals surface area contributed by atoms with Crippen LogP contribution in [0.3, 0.4) is 0 Å². The molecular formula is C22H16Cl3N3O2. The summed E-state index contributed by atoms with van der Waals surface area (Å²) in [6.45, 7) is 0. The van der Waals surface area contributed by atoms with Gasteiger partial charge in [-0.2, -0.15) is 0 Å². The van der Waals surface area contributed by atoms with Gasteiger partial charge in [-0.15, -0.1) is 23.2 Å². The van der Waals surface area contributed by atoms with Crippen molar-refractivity contribution in [3.8, 4) is 22.3 Å². The quantitative estimate of drug-likeness (QED) is 0.313. The van der Waals surface area contributed by atoms with Gasteiger partial charge in [0.1, 0.15) is 5.69 Å². The summed E-state index contributed by atoms with van der Waals surface area (Å²) in [5, 5.41) is 2.74. The number of H-pyrrole nitrogens is 3. The van der Waals surface area contributed by atoms with E-state index in [1.165, 1.54) is 7.11 Å². The Morgan fingerprint density at radius 3 is 2.50 bits per heavy atom. The SMILES string of the molecule is COC(=O)c1[nH]cc(-c2c[nH]c3c2=CC(Cl)C(Cl)C=3)c1-c1c[nH]c2ccc(Cl)cc12. The predicted molar refractivity (Wildman–Crippen MR) is 122 cm³/mol. The zero-order valence-electron chi connectivity index (χ0n) is 15.7. The van der Waals surface area contributed by atoms with Crippen LogP contribution in [0.1, 0.15) is 10.5 Å². The van der Waals surface area contributed by atoms with E-state index in [0.717, 1.165) is 43.7 Å². The number of hydrogen-bond acceptors (Lipinski definition) is 2. The summed E-state index contributed by atoms with van der Waals surface area (Å²) in [7, 11) is 1.36. The van der Waals surface area contributed by atoms with E-state index in [9.17, 15) is 4.79 Å². The van der Waals surface area contributed by atoms with Crippen molar-refractivity contribution in [2.75, 3.05) is 7.11 Å². The molecule has 3 aromatic heterocycles. The first-order valence-corrected chi connectivity index (χ1v) is 10.5. The molecule has 0 fully saturated rings. The van der Waals surface area contributed by atoms with Crippen LogP contribution < -0.4 is 10.6 Å². The molecule has 3 N–H and O–H groups in total. The first-order valence-electron chi connectivity index (χ1n) is 9.24. The van der Waals surface area contributed by atoms with E-state index < -0.39 is 5.97 Å². The Kier molecular flexibility index (Phi) is 4.69. The highest BCUT2D eigenvalue weighted by Crippen LogP contribution is 2.39. The standard InChI is InChI=1S/C22H16Cl3N3O2/c1-30-22(29)21-20(14-8-26-18-3-2-10(23)4-11(14)18)15(9-28-21)13-7-27-19-6-17(25)16(24)5-12(13)19/h2-9,16-17,26-28H,1H3. The Balaban J connectivity index is 1.82. The number of carbonyl (C=O) groups excluding carboxylic acids is 1. The molecule has 0 bridgehead atoms. The number of aromatic nitrogens is 3.